The molecule has 4 aromatic rings. The fourth-order valence-electron chi connectivity index (χ4n) is 3.21. The van der Waals surface area contributed by atoms with E-state index in [0.717, 1.165) is 11.1 Å². The van der Waals surface area contributed by atoms with Crippen molar-refractivity contribution in [2.75, 3.05) is 11.1 Å². The largest absolute Gasteiger partial charge is 0.397 e. The Kier molecular flexibility index (Phi) is 4.86. The number of carbonyl (C=O) groups excluding carboxylic acids is 2. The Hall–Kier alpha value is -3.51. The van der Waals surface area contributed by atoms with E-state index in [-0.39, 0.29) is 11.7 Å². The molecule has 2 heterocycles. The van der Waals surface area contributed by atoms with Gasteiger partial charge in [-0.15, -0.1) is 11.3 Å². The number of hydrogen-bond donors (Lipinski definition) is 2. The normalized spacial score (nSPS) is 10.8. The number of benzene rings is 2. The van der Waals surface area contributed by atoms with E-state index in [1.807, 2.05) is 56.3 Å². The molecule has 0 aliphatic heterocycles. The van der Waals surface area contributed by atoms with E-state index < -0.39 is 0 Å². The Morgan fingerprint density at radius 3 is 2.38 bits per heavy atom. The maximum atomic E-state index is 12.9. The van der Waals surface area contributed by atoms with Gasteiger partial charge in [-0.2, -0.15) is 0 Å². The number of anilines is 2. The average Bonchev–Trinajstić information content (AvgIpc) is 3.07. The molecule has 0 atom stereocenters. The summed E-state index contributed by atoms with van der Waals surface area (Å²) in [5.41, 5.74) is 10.3. The van der Waals surface area contributed by atoms with Crippen molar-refractivity contribution in [3.63, 3.8) is 0 Å². The summed E-state index contributed by atoms with van der Waals surface area (Å²) in [6.07, 6.45) is 1.56. The lowest BCUT2D eigenvalue weighted by atomic mass is 9.99. The molecule has 0 unspecified atom stereocenters. The maximum absolute atomic E-state index is 12.9. The Bertz CT molecular complexity index is 1230. The summed E-state index contributed by atoms with van der Waals surface area (Å²) in [4.78, 5) is 31.1. The number of rotatable bonds is 4. The Labute approximate surface area is 172 Å². The molecule has 0 saturated heterocycles. The molecular formula is C23H19N3O2S. The molecule has 3 N–H and O–H groups in total. The van der Waals surface area contributed by atoms with Gasteiger partial charge in [0.15, 0.2) is 5.78 Å². The van der Waals surface area contributed by atoms with Crippen molar-refractivity contribution in [1.29, 1.82) is 0 Å². The number of aromatic nitrogens is 1. The minimum Gasteiger partial charge on any atom is -0.397 e. The van der Waals surface area contributed by atoms with Crippen LogP contribution in [0.4, 0.5) is 11.4 Å². The third-order valence-electron chi connectivity index (χ3n) is 4.81. The molecule has 0 bridgehead atoms. The predicted molar refractivity (Wildman–Crippen MR) is 118 cm³/mol. The smallest absolute Gasteiger partial charge is 0.267 e. The van der Waals surface area contributed by atoms with Crippen molar-refractivity contribution in [2.45, 2.75) is 13.8 Å². The summed E-state index contributed by atoms with van der Waals surface area (Å²) >= 11 is 1.23. The highest BCUT2D eigenvalue weighted by molar-refractivity contribution is 7.21. The molecule has 29 heavy (non-hydrogen) atoms. The zero-order valence-corrected chi connectivity index (χ0v) is 16.8. The number of hydrogen-bond acceptors (Lipinski definition) is 5. The van der Waals surface area contributed by atoms with Gasteiger partial charge in [0.25, 0.3) is 5.91 Å². The number of nitrogens with one attached hydrogen (secondary N) is 1. The van der Waals surface area contributed by atoms with Crippen LogP contribution in [0.2, 0.25) is 0 Å². The molecule has 1 amide bonds. The maximum Gasteiger partial charge on any atom is 0.267 e. The first-order valence-corrected chi connectivity index (χ1v) is 9.92. The number of nitrogen functional groups attached to an aromatic ring is 1. The predicted octanol–water partition coefficient (Wildman–Crippen LogP) is 4.98. The number of aryl methyl sites for hydroxylation is 2. The van der Waals surface area contributed by atoms with Crippen LogP contribution in [-0.2, 0) is 0 Å². The molecule has 0 saturated carbocycles. The van der Waals surface area contributed by atoms with Gasteiger partial charge in [0.1, 0.15) is 9.71 Å². The molecule has 0 aliphatic carbocycles. The number of ketones is 1. The number of carbonyl (C=O) groups is 2. The molecule has 0 spiro atoms. The zero-order chi connectivity index (χ0) is 20.5. The second kappa shape index (κ2) is 7.48. The van der Waals surface area contributed by atoms with Gasteiger partial charge in [-0.1, -0.05) is 48.0 Å². The molecule has 0 fully saturated rings. The van der Waals surface area contributed by atoms with Crippen molar-refractivity contribution in [2.24, 2.45) is 0 Å². The van der Waals surface area contributed by atoms with Gasteiger partial charge >= 0.3 is 0 Å². The second-order valence-corrected chi connectivity index (χ2v) is 7.84. The first kappa shape index (κ1) is 18.8. The molecule has 2 aromatic carbocycles. The lowest BCUT2D eigenvalue weighted by Gasteiger charge is -2.07. The number of amides is 1. The van der Waals surface area contributed by atoms with Crippen LogP contribution in [0.15, 0.2) is 60.8 Å². The van der Waals surface area contributed by atoms with E-state index in [9.17, 15) is 9.59 Å². The van der Waals surface area contributed by atoms with Crippen LogP contribution < -0.4 is 11.1 Å². The summed E-state index contributed by atoms with van der Waals surface area (Å²) in [6, 6.07) is 16.6. The van der Waals surface area contributed by atoms with E-state index in [0.29, 0.717) is 37.6 Å². The second-order valence-electron chi connectivity index (χ2n) is 6.84. The van der Waals surface area contributed by atoms with Gasteiger partial charge in [-0.05, 0) is 31.5 Å². The van der Waals surface area contributed by atoms with E-state index in [1.54, 1.807) is 18.3 Å². The SMILES string of the molecule is Cc1ccc(NC(=O)c2sc3ncc(C(=O)c4ccccc4)c(C)c3c2N)cc1. The Morgan fingerprint density at radius 1 is 1.00 bits per heavy atom. The number of nitrogens with two attached hydrogens (primary N) is 1. The van der Waals surface area contributed by atoms with Gasteiger partial charge < -0.3 is 11.1 Å². The van der Waals surface area contributed by atoms with Gasteiger partial charge in [0.05, 0.1) is 5.69 Å². The van der Waals surface area contributed by atoms with E-state index in [2.05, 4.69) is 10.3 Å². The minimum atomic E-state index is -0.287. The fourth-order valence-corrected chi connectivity index (χ4v) is 4.23. The number of nitrogens with zero attached hydrogens (tertiary/aromatic N) is 1. The average molecular weight is 401 g/mol. The summed E-state index contributed by atoms with van der Waals surface area (Å²) in [5.74, 6) is -0.404. The molecule has 2 aromatic heterocycles. The third kappa shape index (κ3) is 3.50. The van der Waals surface area contributed by atoms with Crippen LogP contribution >= 0.6 is 11.3 Å². The molecular weight excluding hydrogens is 382 g/mol. The molecule has 5 nitrogen and oxygen atoms in total. The molecule has 4 rings (SSSR count). The summed E-state index contributed by atoms with van der Waals surface area (Å²) < 4.78 is 0. The highest BCUT2D eigenvalue weighted by atomic mass is 32.1. The monoisotopic (exact) mass is 401 g/mol. The topological polar surface area (TPSA) is 85.1 Å². The molecule has 0 aliphatic rings. The van der Waals surface area contributed by atoms with Gasteiger partial charge in [-0.25, -0.2) is 4.98 Å². The standard InChI is InChI=1S/C23H19N3O2S/c1-13-8-10-16(11-9-13)26-22(28)21-19(24)18-14(2)17(12-25-23(18)29-21)20(27)15-6-4-3-5-7-15/h3-12H,24H2,1-2H3,(H,26,28). The van der Waals surface area contributed by atoms with Crippen LogP contribution in [0.5, 0.6) is 0 Å². The van der Waals surface area contributed by atoms with Crippen LogP contribution in [0.1, 0.15) is 36.7 Å². The van der Waals surface area contributed by atoms with Crippen LogP contribution in [-0.4, -0.2) is 16.7 Å². The highest BCUT2D eigenvalue weighted by Gasteiger charge is 2.22. The highest BCUT2D eigenvalue weighted by Crippen LogP contribution is 2.36. The zero-order valence-electron chi connectivity index (χ0n) is 16.0. The Morgan fingerprint density at radius 2 is 1.69 bits per heavy atom. The molecule has 144 valence electrons. The van der Waals surface area contributed by atoms with Gasteiger partial charge in [-0.3, -0.25) is 9.59 Å². The number of fused-ring (bicyclic) bond motifs is 1. The quantitative estimate of drug-likeness (QED) is 0.472. The first-order valence-electron chi connectivity index (χ1n) is 9.11. The minimum absolute atomic E-state index is 0.117. The van der Waals surface area contributed by atoms with Crippen LogP contribution in [0, 0.1) is 13.8 Å². The number of pyridine rings is 1. The summed E-state index contributed by atoms with van der Waals surface area (Å²) in [5, 5.41) is 3.52. The van der Waals surface area contributed by atoms with Gasteiger partial charge in [0.2, 0.25) is 0 Å². The first-order chi connectivity index (χ1) is 14.0. The van der Waals surface area contributed by atoms with E-state index >= 15 is 0 Å². The lowest BCUT2D eigenvalue weighted by Crippen LogP contribution is -2.12. The third-order valence-corrected chi connectivity index (χ3v) is 5.93. The molecule has 6 heteroatoms. The Balaban J connectivity index is 1.72. The van der Waals surface area contributed by atoms with Gasteiger partial charge in [0, 0.05) is 28.4 Å². The van der Waals surface area contributed by atoms with Crippen molar-refractivity contribution in [1.82, 2.24) is 4.98 Å². The van der Waals surface area contributed by atoms with Crippen molar-refractivity contribution in [3.05, 3.63) is 87.9 Å². The summed E-state index contributed by atoms with van der Waals surface area (Å²) in [6.45, 7) is 3.82. The fraction of sp³-hybridized carbons (Fsp3) is 0.0870. The van der Waals surface area contributed by atoms with Crippen molar-refractivity contribution >= 4 is 44.6 Å². The van der Waals surface area contributed by atoms with Crippen LogP contribution in [0.25, 0.3) is 10.2 Å². The van der Waals surface area contributed by atoms with E-state index in [4.69, 9.17) is 5.73 Å². The molecule has 0 radical (unpaired) electrons. The lowest BCUT2D eigenvalue weighted by molar-refractivity contribution is 0.102. The van der Waals surface area contributed by atoms with Crippen molar-refractivity contribution in [3.8, 4) is 0 Å². The van der Waals surface area contributed by atoms with E-state index in [1.165, 1.54) is 11.3 Å². The number of thiophene rings is 1. The van der Waals surface area contributed by atoms with Crippen LogP contribution in [0.3, 0.4) is 0 Å². The van der Waals surface area contributed by atoms with Crippen molar-refractivity contribution < 1.29 is 9.59 Å². The summed E-state index contributed by atoms with van der Waals surface area (Å²) in [7, 11) is 0.